The lowest BCUT2D eigenvalue weighted by Crippen LogP contribution is -1.92. The number of hydrogen-bond donors (Lipinski definition) is 0. The lowest BCUT2D eigenvalue weighted by atomic mass is 11.3. The summed E-state index contributed by atoms with van der Waals surface area (Å²) in [7, 11) is 7.81. The molecule has 0 unspecified atom stereocenters. The lowest BCUT2D eigenvalue weighted by Gasteiger charge is -1.97. The highest BCUT2D eigenvalue weighted by molar-refractivity contribution is 7.38. The Hall–Kier alpha value is 0.780. The van der Waals surface area contributed by atoms with Gasteiger partial charge in [0.15, 0.2) is 8.88 Å². The van der Waals surface area contributed by atoms with E-state index in [1.54, 1.807) is 0 Å². The van der Waals surface area contributed by atoms with Crippen molar-refractivity contribution in [2.24, 2.45) is 4.52 Å². The molecule has 0 aliphatic carbocycles. The first-order valence-corrected chi connectivity index (χ1v) is 2.77. The van der Waals surface area contributed by atoms with Gasteiger partial charge in [0.25, 0.3) is 0 Å². The molecule has 0 aliphatic rings. The van der Waals surface area contributed by atoms with Crippen LogP contribution in [0.15, 0.2) is 4.52 Å². The van der Waals surface area contributed by atoms with Gasteiger partial charge in [0, 0.05) is 0 Å². The maximum atomic E-state index is 3.64. The summed E-state index contributed by atoms with van der Waals surface area (Å²) < 4.78 is 5.58. The van der Waals surface area contributed by atoms with Gasteiger partial charge in [-0.05, 0) is 23.1 Å². The zero-order valence-electron chi connectivity index (χ0n) is 4.25. The highest BCUT2D eigenvalue weighted by Crippen LogP contribution is 2.13. The van der Waals surface area contributed by atoms with Crippen molar-refractivity contribution in [3.8, 4) is 0 Å². The zero-order chi connectivity index (χ0) is 4.99. The van der Waals surface area contributed by atoms with Crippen molar-refractivity contribution in [2.45, 2.75) is 0 Å². The van der Waals surface area contributed by atoms with Crippen LogP contribution < -0.4 is 0 Å². The molecule has 2 nitrogen and oxygen atoms in total. The Morgan fingerprint density at radius 2 is 2.00 bits per heavy atom. The Morgan fingerprint density at radius 3 is 2.00 bits per heavy atom. The molecule has 0 aromatic heterocycles. The maximum Gasteiger partial charge on any atom is 0.157 e. The van der Waals surface area contributed by atoms with Crippen molar-refractivity contribution in [1.82, 2.24) is 4.67 Å². The van der Waals surface area contributed by atoms with E-state index >= 15 is 0 Å². The molecule has 0 rings (SSSR count). The Kier molecular flexibility index (Phi) is 10.4. The van der Waals surface area contributed by atoms with Gasteiger partial charge in [-0.3, -0.25) is 4.67 Å². The van der Waals surface area contributed by atoms with E-state index < -0.39 is 0 Å². The summed E-state index contributed by atoms with van der Waals surface area (Å²) in [6, 6.07) is 0. The van der Waals surface area contributed by atoms with Crippen molar-refractivity contribution < 1.29 is 0 Å². The molecule has 0 bridgehead atoms. The second-order valence-corrected chi connectivity index (χ2v) is 2.82. The van der Waals surface area contributed by atoms with E-state index in [2.05, 4.69) is 13.5 Å². The van der Waals surface area contributed by atoms with E-state index in [0.717, 1.165) is 8.88 Å². The van der Waals surface area contributed by atoms with Crippen LogP contribution in [0.1, 0.15) is 0 Å². The second-order valence-electron chi connectivity index (χ2n) is 1.04. The SMILES string of the molecule is CN(C)[P]N=P.Cl. The van der Waals surface area contributed by atoms with Gasteiger partial charge in [0.05, 0.1) is 0 Å². The maximum absolute atomic E-state index is 3.64. The number of halogens is 1. The third-order valence-electron chi connectivity index (χ3n) is 0.224. The average Bonchev–Trinajstić information content (AvgIpc) is 1.35. The molecule has 0 aromatic carbocycles. The van der Waals surface area contributed by atoms with Crippen LogP contribution in [0.5, 0.6) is 0 Å². The van der Waals surface area contributed by atoms with Crippen molar-refractivity contribution in [3.05, 3.63) is 0 Å². The smallest absolute Gasteiger partial charge is 0.157 e. The van der Waals surface area contributed by atoms with Crippen LogP contribution in [0.3, 0.4) is 0 Å². The van der Waals surface area contributed by atoms with Crippen molar-refractivity contribution in [3.63, 3.8) is 0 Å². The van der Waals surface area contributed by atoms with Gasteiger partial charge in [-0.25, -0.2) is 4.52 Å². The Bertz CT molecular complexity index is 49.0. The standard InChI is InChI=1S/C2H7N2P2.ClH/c1-4(2)6-3-5;/h5H,1-2H3;1H. The molecule has 0 saturated heterocycles. The van der Waals surface area contributed by atoms with Gasteiger partial charge in [-0.1, -0.05) is 0 Å². The molecule has 0 spiro atoms. The molecule has 0 N–H and O–H groups in total. The van der Waals surface area contributed by atoms with E-state index in [1.807, 2.05) is 18.8 Å². The first kappa shape index (κ1) is 10.7. The fraction of sp³-hybridized carbons (Fsp3) is 1.00. The minimum absolute atomic E-state index is 0. The normalized spacial score (nSPS) is 9.57. The fourth-order valence-electron chi connectivity index (χ4n) is 0.0894. The lowest BCUT2D eigenvalue weighted by molar-refractivity contribution is 0.692. The highest BCUT2D eigenvalue weighted by Gasteiger charge is 1.79. The molecule has 0 aliphatic heterocycles. The topological polar surface area (TPSA) is 15.6 Å². The van der Waals surface area contributed by atoms with E-state index in [-0.39, 0.29) is 12.4 Å². The molecule has 0 aromatic rings. The summed E-state index contributed by atoms with van der Waals surface area (Å²) in [6.07, 6.45) is 0. The third-order valence-corrected chi connectivity index (χ3v) is 0.939. The van der Waals surface area contributed by atoms with E-state index in [9.17, 15) is 0 Å². The van der Waals surface area contributed by atoms with Crippen LogP contribution in [0.4, 0.5) is 0 Å². The summed E-state index contributed by atoms with van der Waals surface area (Å²) >= 11 is 0. The molecule has 1 radical (unpaired) electrons. The quantitative estimate of drug-likeness (QED) is 0.561. The van der Waals surface area contributed by atoms with Crippen LogP contribution in [-0.4, -0.2) is 18.8 Å². The van der Waals surface area contributed by atoms with Gasteiger partial charge in [0.2, 0.25) is 0 Å². The molecule has 0 amide bonds. The van der Waals surface area contributed by atoms with Gasteiger partial charge in [-0.15, -0.1) is 12.4 Å². The fourth-order valence-corrected chi connectivity index (χ4v) is 0.805. The summed E-state index contributed by atoms with van der Waals surface area (Å²) in [5, 5.41) is 0. The van der Waals surface area contributed by atoms with Gasteiger partial charge < -0.3 is 0 Å². The first-order chi connectivity index (χ1) is 2.77. The molecular weight excluding hydrogens is 149 g/mol. The van der Waals surface area contributed by atoms with E-state index in [0.29, 0.717) is 0 Å². The van der Waals surface area contributed by atoms with Crippen molar-refractivity contribution >= 4 is 30.3 Å². The summed E-state index contributed by atoms with van der Waals surface area (Å²) in [5.74, 6) is 0. The first-order valence-electron chi connectivity index (χ1n) is 1.52. The number of nitrogens with zero attached hydrogens (tertiary/aromatic N) is 2. The minimum Gasteiger partial charge on any atom is -0.264 e. The summed E-state index contributed by atoms with van der Waals surface area (Å²) in [5.41, 5.74) is 0. The van der Waals surface area contributed by atoms with Crippen LogP contribution >= 0.6 is 30.3 Å². The largest absolute Gasteiger partial charge is 0.264 e. The third kappa shape index (κ3) is 10.8. The molecule has 5 heteroatoms. The Labute approximate surface area is 54.3 Å². The van der Waals surface area contributed by atoms with E-state index in [1.165, 1.54) is 0 Å². The highest BCUT2D eigenvalue weighted by atomic mass is 35.5. The Morgan fingerprint density at radius 1 is 1.57 bits per heavy atom. The van der Waals surface area contributed by atoms with Crippen LogP contribution in [0.2, 0.25) is 0 Å². The zero-order valence-corrected chi connectivity index (χ0v) is 6.96. The van der Waals surface area contributed by atoms with Crippen LogP contribution in [0.25, 0.3) is 0 Å². The van der Waals surface area contributed by atoms with Crippen LogP contribution in [-0.2, 0) is 0 Å². The molecule has 7 heavy (non-hydrogen) atoms. The van der Waals surface area contributed by atoms with Gasteiger partial charge in [-0.2, -0.15) is 0 Å². The van der Waals surface area contributed by atoms with Crippen molar-refractivity contribution in [1.29, 1.82) is 0 Å². The number of rotatable bonds is 2. The minimum atomic E-state index is 0. The molecule has 0 fully saturated rings. The number of hydrogen-bond acceptors (Lipinski definition) is 2. The molecule has 43 valence electrons. The monoisotopic (exact) mass is 157 g/mol. The Balaban J connectivity index is 0. The molecule has 0 saturated carbocycles. The molecule has 0 atom stereocenters. The molecular formula is C2H8ClN2P2. The molecule has 0 heterocycles. The second kappa shape index (κ2) is 6.78. The summed E-state index contributed by atoms with van der Waals surface area (Å²) in [6.45, 7) is 0. The van der Waals surface area contributed by atoms with Gasteiger partial charge >= 0.3 is 0 Å². The van der Waals surface area contributed by atoms with Gasteiger partial charge in [0.1, 0.15) is 0 Å². The van der Waals surface area contributed by atoms with Crippen molar-refractivity contribution in [2.75, 3.05) is 14.1 Å². The van der Waals surface area contributed by atoms with Crippen LogP contribution in [0, 0.1) is 0 Å². The average molecular weight is 158 g/mol. The predicted octanol–water partition coefficient (Wildman–Crippen LogP) is 2.07. The predicted molar refractivity (Wildman–Crippen MR) is 38.6 cm³/mol. The van der Waals surface area contributed by atoms with E-state index in [4.69, 9.17) is 0 Å². The summed E-state index contributed by atoms with van der Waals surface area (Å²) in [4.78, 5) is 0.